The van der Waals surface area contributed by atoms with Gasteiger partial charge in [0.15, 0.2) is 0 Å². The number of fused-ring (bicyclic) bond motifs is 1. The molecule has 0 heterocycles. The van der Waals surface area contributed by atoms with Crippen molar-refractivity contribution in [1.82, 2.24) is 0 Å². The first-order valence-corrected chi connectivity index (χ1v) is 8.24. The largest absolute Gasteiger partial charge is 0.465 e. The van der Waals surface area contributed by atoms with E-state index in [0.29, 0.717) is 11.3 Å². The molecule has 26 heavy (non-hydrogen) atoms. The van der Waals surface area contributed by atoms with Crippen LogP contribution in [0, 0.1) is 0 Å². The summed E-state index contributed by atoms with van der Waals surface area (Å²) in [5, 5.41) is 5.02. The predicted octanol–water partition coefficient (Wildman–Crippen LogP) is 4.67. The molecule has 0 aliphatic rings. The van der Waals surface area contributed by atoms with Gasteiger partial charge in [-0.25, -0.2) is 4.79 Å². The number of methoxy groups -OCH3 is 1. The van der Waals surface area contributed by atoms with Gasteiger partial charge in [0.2, 0.25) is 5.91 Å². The Balaban J connectivity index is 1.83. The molecule has 130 valence electrons. The van der Waals surface area contributed by atoms with Gasteiger partial charge in [-0.15, -0.1) is 0 Å². The quantitative estimate of drug-likeness (QED) is 0.552. The summed E-state index contributed by atoms with van der Waals surface area (Å²) < 4.78 is 4.74. The van der Waals surface area contributed by atoms with Crippen molar-refractivity contribution in [3.63, 3.8) is 0 Å². The Morgan fingerprint density at radius 3 is 2.38 bits per heavy atom. The van der Waals surface area contributed by atoms with Crippen molar-refractivity contribution < 1.29 is 14.3 Å². The molecule has 0 aliphatic carbocycles. The first kappa shape index (κ1) is 17.4. The second-order valence-corrected chi connectivity index (χ2v) is 5.92. The third kappa shape index (κ3) is 3.81. The number of carbonyl (C=O) groups is 2. The minimum Gasteiger partial charge on any atom is -0.465 e. The number of para-hydroxylation sites is 1. The molecule has 4 heteroatoms. The molecule has 0 spiro atoms. The van der Waals surface area contributed by atoms with E-state index in [4.69, 9.17) is 4.74 Å². The summed E-state index contributed by atoms with van der Waals surface area (Å²) in [6.07, 6.45) is 1.53. The van der Waals surface area contributed by atoms with Crippen molar-refractivity contribution in [2.45, 2.75) is 6.92 Å². The average Bonchev–Trinajstić information content (AvgIpc) is 2.67. The Bertz CT molecular complexity index is 1000. The average molecular weight is 345 g/mol. The summed E-state index contributed by atoms with van der Waals surface area (Å²) in [6.45, 7) is 1.88. The van der Waals surface area contributed by atoms with E-state index in [2.05, 4.69) is 17.4 Å². The zero-order valence-corrected chi connectivity index (χ0v) is 14.7. The Labute approximate surface area is 152 Å². The summed E-state index contributed by atoms with van der Waals surface area (Å²) in [5.74, 6) is -0.789. The zero-order valence-electron chi connectivity index (χ0n) is 14.7. The minimum absolute atomic E-state index is 0.299. The summed E-state index contributed by atoms with van der Waals surface area (Å²) in [5.41, 5.74) is 2.55. The summed E-state index contributed by atoms with van der Waals surface area (Å²) in [6, 6.07) is 20.9. The van der Waals surface area contributed by atoms with Crippen LogP contribution in [0.15, 0.2) is 72.8 Å². The number of allylic oxidation sites excluding steroid dienone is 1. The van der Waals surface area contributed by atoms with Crippen LogP contribution in [0.1, 0.15) is 22.8 Å². The number of hydrogen-bond acceptors (Lipinski definition) is 3. The third-order valence-electron chi connectivity index (χ3n) is 4.14. The fourth-order valence-electron chi connectivity index (χ4n) is 2.76. The summed E-state index contributed by atoms with van der Waals surface area (Å²) >= 11 is 0. The van der Waals surface area contributed by atoms with Crippen LogP contribution in [0.2, 0.25) is 0 Å². The van der Waals surface area contributed by atoms with Crippen LogP contribution in [0.4, 0.5) is 5.69 Å². The topological polar surface area (TPSA) is 55.4 Å². The van der Waals surface area contributed by atoms with E-state index >= 15 is 0 Å². The van der Waals surface area contributed by atoms with Crippen LogP contribution in [0.5, 0.6) is 0 Å². The fraction of sp³-hybridized carbons (Fsp3) is 0.0909. The molecule has 0 saturated carbocycles. The lowest BCUT2D eigenvalue weighted by molar-refractivity contribution is -0.111. The van der Waals surface area contributed by atoms with Gasteiger partial charge in [0.25, 0.3) is 0 Å². The number of carbonyl (C=O) groups excluding carboxylic acids is 2. The molecule has 0 saturated heterocycles. The molecule has 0 atom stereocenters. The number of hydrogen-bond donors (Lipinski definition) is 1. The Morgan fingerprint density at radius 1 is 0.923 bits per heavy atom. The van der Waals surface area contributed by atoms with Crippen molar-refractivity contribution in [3.05, 3.63) is 83.9 Å². The van der Waals surface area contributed by atoms with Crippen molar-refractivity contribution in [3.8, 4) is 0 Å². The van der Waals surface area contributed by atoms with Crippen molar-refractivity contribution in [2.24, 2.45) is 0 Å². The van der Waals surface area contributed by atoms with E-state index in [1.165, 1.54) is 13.2 Å². The number of esters is 1. The Morgan fingerprint density at radius 2 is 1.62 bits per heavy atom. The molecule has 0 aliphatic heterocycles. The van der Waals surface area contributed by atoms with Gasteiger partial charge in [-0.3, -0.25) is 4.79 Å². The molecule has 3 aromatic carbocycles. The maximum absolute atomic E-state index is 12.4. The molecule has 0 aromatic heterocycles. The van der Waals surface area contributed by atoms with Gasteiger partial charge in [0, 0.05) is 6.08 Å². The second-order valence-electron chi connectivity index (χ2n) is 5.92. The van der Waals surface area contributed by atoms with Gasteiger partial charge in [0.1, 0.15) is 0 Å². The number of benzene rings is 3. The van der Waals surface area contributed by atoms with E-state index in [0.717, 1.165) is 21.9 Å². The highest BCUT2D eigenvalue weighted by atomic mass is 16.5. The van der Waals surface area contributed by atoms with Crippen molar-refractivity contribution in [2.75, 3.05) is 12.4 Å². The van der Waals surface area contributed by atoms with E-state index in [-0.39, 0.29) is 5.91 Å². The van der Waals surface area contributed by atoms with Gasteiger partial charge in [-0.1, -0.05) is 48.5 Å². The highest BCUT2D eigenvalue weighted by Crippen LogP contribution is 2.21. The van der Waals surface area contributed by atoms with E-state index in [1.54, 1.807) is 24.3 Å². The number of nitrogens with one attached hydrogen (secondary N) is 1. The lowest BCUT2D eigenvalue weighted by atomic mass is 10.0. The predicted molar refractivity (Wildman–Crippen MR) is 104 cm³/mol. The molecule has 1 N–H and O–H groups in total. The molecular weight excluding hydrogens is 326 g/mol. The SMILES string of the molecule is COC(=O)c1ccccc1NC(=O)C=C(C)c1ccc2ccccc2c1. The molecule has 0 unspecified atom stereocenters. The minimum atomic E-state index is -0.490. The maximum atomic E-state index is 12.4. The summed E-state index contributed by atoms with van der Waals surface area (Å²) in [4.78, 5) is 24.2. The second kappa shape index (κ2) is 7.66. The number of amides is 1. The molecule has 1 amide bonds. The lowest BCUT2D eigenvalue weighted by Gasteiger charge is -2.09. The lowest BCUT2D eigenvalue weighted by Crippen LogP contribution is -2.13. The first-order chi connectivity index (χ1) is 12.6. The summed E-state index contributed by atoms with van der Waals surface area (Å²) in [7, 11) is 1.31. The molecule has 0 bridgehead atoms. The van der Waals surface area contributed by atoms with Gasteiger partial charge in [-0.2, -0.15) is 0 Å². The van der Waals surface area contributed by atoms with Gasteiger partial charge in [-0.05, 0) is 47.0 Å². The third-order valence-corrected chi connectivity index (χ3v) is 4.14. The normalized spacial score (nSPS) is 11.2. The van der Waals surface area contributed by atoms with Crippen LogP contribution >= 0.6 is 0 Å². The van der Waals surface area contributed by atoms with Crippen LogP contribution in [0.25, 0.3) is 16.3 Å². The highest BCUT2D eigenvalue weighted by Gasteiger charge is 2.12. The Kier molecular flexibility index (Phi) is 5.13. The van der Waals surface area contributed by atoms with E-state index in [1.807, 2.05) is 37.3 Å². The molecule has 0 radical (unpaired) electrons. The van der Waals surface area contributed by atoms with Gasteiger partial charge >= 0.3 is 5.97 Å². The Hall–Kier alpha value is -3.40. The number of rotatable bonds is 4. The first-order valence-electron chi connectivity index (χ1n) is 8.24. The zero-order chi connectivity index (χ0) is 18.5. The highest BCUT2D eigenvalue weighted by molar-refractivity contribution is 6.07. The standard InChI is InChI=1S/C22H19NO3/c1-15(17-12-11-16-7-3-4-8-18(16)14-17)13-21(24)23-20-10-6-5-9-19(20)22(25)26-2/h3-14H,1-2H3,(H,23,24). The van der Waals surface area contributed by atoms with Gasteiger partial charge in [0.05, 0.1) is 18.4 Å². The van der Waals surface area contributed by atoms with E-state index in [9.17, 15) is 9.59 Å². The van der Waals surface area contributed by atoms with Crippen LogP contribution in [-0.4, -0.2) is 19.0 Å². The molecule has 3 aromatic rings. The monoisotopic (exact) mass is 345 g/mol. The fourth-order valence-corrected chi connectivity index (χ4v) is 2.76. The van der Waals surface area contributed by atoms with Gasteiger partial charge < -0.3 is 10.1 Å². The molecule has 4 nitrogen and oxygen atoms in total. The smallest absolute Gasteiger partial charge is 0.339 e. The van der Waals surface area contributed by atoms with Crippen LogP contribution in [-0.2, 0) is 9.53 Å². The van der Waals surface area contributed by atoms with E-state index < -0.39 is 5.97 Å². The van der Waals surface area contributed by atoms with Crippen molar-refractivity contribution in [1.29, 1.82) is 0 Å². The number of ether oxygens (including phenoxy) is 1. The molecule has 3 rings (SSSR count). The van der Waals surface area contributed by atoms with Crippen LogP contribution < -0.4 is 5.32 Å². The maximum Gasteiger partial charge on any atom is 0.339 e. The molecule has 0 fully saturated rings. The van der Waals surface area contributed by atoms with Crippen molar-refractivity contribution >= 4 is 33.9 Å². The molecular formula is C22H19NO3. The number of anilines is 1. The van der Waals surface area contributed by atoms with Crippen LogP contribution in [0.3, 0.4) is 0 Å².